The van der Waals surface area contributed by atoms with Gasteiger partial charge in [-0.15, -0.1) is 11.8 Å². The fraction of sp³-hybridized carbons (Fsp3) is 0.545. The molecule has 0 aliphatic heterocycles. The molecule has 0 aliphatic rings. The Labute approximate surface area is 101 Å². The molecule has 5 heteroatoms. The van der Waals surface area contributed by atoms with Crippen molar-refractivity contribution in [2.45, 2.75) is 18.2 Å². The number of aromatic nitrogens is 1. The van der Waals surface area contributed by atoms with Crippen molar-refractivity contribution in [1.82, 2.24) is 4.98 Å². The van der Waals surface area contributed by atoms with E-state index in [9.17, 15) is 0 Å². The molecule has 4 nitrogen and oxygen atoms in total. The van der Waals surface area contributed by atoms with E-state index in [0.717, 1.165) is 22.1 Å². The average molecular weight is 242 g/mol. The normalized spacial score (nSPS) is 10.2. The summed E-state index contributed by atoms with van der Waals surface area (Å²) in [6, 6.07) is 1.96. The molecule has 0 saturated heterocycles. The predicted octanol–water partition coefficient (Wildman–Crippen LogP) is 1.71. The lowest BCUT2D eigenvalue weighted by Crippen LogP contribution is -2.07. The summed E-state index contributed by atoms with van der Waals surface area (Å²) in [5.41, 5.74) is 6.38. The van der Waals surface area contributed by atoms with Crippen LogP contribution in [0.3, 0.4) is 0 Å². The van der Waals surface area contributed by atoms with Crippen molar-refractivity contribution >= 4 is 11.8 Å². The van der Waals surface area contributed by atoms with Gasteiger partial charge in [0.1, 0.15) is 5.75 Å². The topological polar surface area (TPSA) is 57.4 Å². The third-order valence-corrected chi connectivity index (χ3v) is 2.98. The maximum atomic E-state index is 5.53. The van der Waals surface area contributed by atoms with Gasteiger partial charge in [-0.25, -0.2) is 4.98 Å². The van der Waals surface area contributed by atoms with E-state index in [1.807, 2.05) is 6.07 Å². The van der Waals surface area contributed by atoms with Gasteiger partial charge >= 0.3 is 0 Å². The zero-order valence-corrected chi connectivity index (χ0v) is 10.8. The zero-order chi connectivity index (χ0) is 12.0. The molecule has 0 spiro atoms. The third kappa shape index (κ3) is 3.02. The van der Waals surface area contributed by atoms with E-state index in [4.69, 9.17) is 15.2 Å². The number of pyridine rings is 1. The van der Waals surface area contributed by atoms with Crippen LogP contribution in [0.2, 0.25) is 0 Å². The monoisotopic (exact) mass is 242 g/mol. The molecule has 90 valence electrons. The Bertz CT molecular complexity index is 311. The molecule has 16 heavy (non-hydrogen) atoms. The second-order valence-electron chi connectivity index (χ2n) is 3.12. The van der Waals surface area contributed by atoms with Gasteiger partial charge in [0.2, 0.25) is 5.88 Å². The van der Waals surface area contributed by atoms with Crippen molar-refractivity contribution in [3.63, 3.8) is 0 Å². The number of ether oxygens (including phenoxy) is 2. The Morgan fingerprint density at radius 2 is 2.12 bits per heavy atom. The minimum Gasteiger partial charge on any atom is -0.495 e. The van der Waals surface area contributed by atoms with E-state index < -0.39 is 0 Å². The lowest BCUT2D eigenvalue weighted by atomic mass is 10.2. The largest absolute Gasteiger partial charge is 0.495 e. The first kappa shape index (κ1) is 13.1. The molecule has 1 rings (SSSR count). The standard InChI is InChI=1S/C11H18N2O2S/c1-4-16-10-7-9(14-2)8(5-6-12)13-11(10)15-3/h7H,4-6,12H2,1-3H3. The quantitative estimate of drug-likeness (QED) is 0.770. The lowest BCUT2D eigenvalue weighted by molar-refractivity contribution is 0.372. The molecule has 0 fully saturated rings. The highest BCUT2D eigenvalue weighted by atomic mass is 32.2. The Hall–Kier alpha value is -0.940. The number of hydrogen-bond acceptors (Lipinski definition) is 5. The zero-order valence-electron chi connectivity index (χ0n) is 9.95. The average Bonchev–Trinajstić information content (AvgIpc) is 2.31. The van der Waals surface area contributed by atoms with Crippen LogP contribution in [0, 0.1) is 0 Å². The maximum absolute atomic E-state index is 5.53. The van der Waals surface area contributed by atoms with Gasteiger partial charge in [-0.1, -0.05) is 6.92 Å². The van der Waals surface area contributed by atoms with Gasteiger partial charge < -0.3 is 15.2 Å². The van der Waals surface area contributed by atoms with Gasteiger partial charge in [-0.3, -0.25) is 0 Å². The number of methoxy groups -OCH3 is 2. The summed E-state index contributed by atoms with van der Waals surface area (Å²) >= 11 is 1.68. The highest BCUT2D eigenvalue weighted by Gasteiger charge is 2.12. The molecule has 1 heterocycles. The number of hydrogen-bond donors (Lipinski definition) is 1. The van der Waals surface area contributed by atoms with Crippen LogP contribution in [-0.2, 0) is 6.42 Å². The molecule has 0 aromatic carbocycles. The lowest BCUT2D eigenvalue weighted by Gasteiger charge is -2.12. The second-order valence-corrected chi connectivity index (χ2v) is 4.42. The van der Waals surface area contributed by atoms with Crippen LogP contribution in [0.1, 0.15) is 12.6 Å². The number of rotatable bonds is 6. The van der Waals surface area contributed by atoms with E-state index in [2.05, 4.69) is 11.9 Å². The molecule has 0 unspecified atom stereocenters. The van der Waals surface area contributed by atoms with Gasteiger partial charge in [0, 0.05) is 12.5 Å². The first-order chi connectivity index (χ1) is 7.76. The summed E-state index contributed by atoms with van der Waals surface area (Å²) in [4.78, 5) is 5.42. The molecular weight excluding hydrogens is 224 g/mol. The first-order valence-corrected chi connectivity index (χ1v) is 6.20. The first-order valence-electron chi connectivity index (χ1n) is 5.21. The van der Waals surface area contributed by atoms with Gasteiger partial charge in [0.15, 0.2) is 0 Å². The number of thioether (sulfide) groups is 1. The van der Waals surface area contributed by atoms with Gasteiger partial charge in [-0.05, 0) is 12.3 Å². The molecule has 2 N–H and O–H groups in total. The van der Waals surface area contributed by atoms with Crippen molar-refractivity contribution < 1.29 is 9.47 Å². The summed E-state index contributed by atoms with van der Waals surface area (Å²) in [6.45, 7) is 2.64. The summed E-state index contributed by atoms with van der Waals surface area (Å²) in [5.74, 6) is 2.40. The van der Waals surface area contributed by atoms with Crippen molar-refractivity contribution in [1.29, 1.82) is 0 Å². The molecule has 0 radical (unpaired) electrons. The van der Waals surface area contributed by atoms with Gasteiger partial charge in [0.25, 0.3) is 0 Å². The Morgan fingerprint density at radius 1 is 1.38 bits per heavy atom. The van der Waals surface area contributed by atoms with Gasteiger partial charge in [0.05, 0.1) is 24.8 Å². The summed E-state index contributed by atoms with van der Waals surface area (Å²) < 4.78 is 10.6. The molecule has 0 saturated carbocycles. The molecule has 0 atom stereocenters. The summed E-state index contributed by atoms with van der Waals surface area (Å²) in [6.07, 6.45) is 0.691. The minimum atomic E-state index is 0.548. The van der Waals surface area contributed by atoms with E-state index in [1.54, 1.807) is 26.0 Å². The van der Waals surface area contributed by atoms with Gasteiger partial charge in [-0.2, -0.15) is 0 Å². The molecule has 1 aromatic rings. The van der Waals surface area contributed by atoms with Crippen LogP contribution in [0.5, 0.6) is 11.6 Å². The van der Waals surface area contributed by atoms with Crippen LogP contribution < -0.4 is 15.2 Å². The van der Waals surface area contributed by atoms with E-state index in [0.29, 0.717) is 18.8 Å². The van der Waals surface area contributed by atoms with Crippen LogP contribution >= 0.6 is 11.8 Å². The second kappa shape index (κ2) is 6.60. The summed E-state index contributed by atoms with van der Waals surface area (Å²) in [5, 5.41) is 0. The highest BCUT2D eigenvalue weighted by Crippen LogP contribution is 2.32. The number of nitrogens with two attached hydrogens (primary N) is 1. The Kier molecular flexibility index (Phi) is 5.42. The SMILES string of the molecule is CCSc1cc(OC)c(CCN)nc1OC. The van der Waals surface area contributed by atoms with Crippen LogP contribution in [-0.4, -0.2) is 31.5 Å². The van der Waals surface area contributed by atoms with Crippen molar-refractivity contribution in [3.05, 3.63) is 11.8 Å². The molecule has 1 aromatic heterocycles. The fourth-order valence-corrected chi connectivity index (χ4v) is 2.15. The minimum absolute atomic E-state index is 0.548. The maximum Gasteiger partial charge on any atom is 0.227 e. The molecule has 0 amide bonds. The molecule has 0 aliphatic carbocycles. The highest BCUT2D eigenvalue weighted by molar-refractivity contribution is 7.99. The third-order valence-electron chi connectivity index (χ3n) is 2.09. The van der Waals surface area contributed by atoms with Crippen molar-refractivity contribution in [3.8, 4) is 11.6 Å². The van der Waals surface area contributed by atoms with Crippen LogP contribution in [0.25, 0.3) is 0 Å². The van der Waals surface area contributed by atoms with Crippen molar-refractivity contribution in [2.75, 3.05) is 26.5 Å². The van der Waals surface area contributed by atoms with Crippen LogP contribution in [0.15, 0.2) is 11.0 Å². The Balaban J connectivity index is 3.11. The smallest absolute Gasteiger partial charge is 0.227 e. The van der Waals surface area contributed by atoms with E-state index >= 15 is 0 Å². The van der Waals surface area contributed by atoms with E-state index in [1.165, 1.54) is 0 Å². The van der Waals surface area contributed by atoms with E-state index in [-0.39, 0.29) is 0 Å². The fourth-order valence-electron chi connectivity index (χ4n) is 1.39. The predicted molar refractivity (Wildman–Crippen MR) is 66.5 cm³/mol. The Morgan fingerprint density at radius 3 is 2.62 bits per heavy atom. The number of nitrogens with zero attached hydrogens (tertiary/aromatic N) is 1. The molecular formula is C11H18N2O2S. The molecule has 0 bridgehead atoms. The van der Waals surface area contributed by atoms with Crippen LogP contribution in [0.4, 0.5) is 0 Å². The summed E-state index contributed by atoms with van der Waals surface area (Å²) in [7, 11) is 3.27. The van der Waals surface area contributed by atoms with Crippen molar-refractivity contribution in [2.24, 2.45) is 5.73 Å².